The molecule has 0 aromatic heterocycles. The first-order valence-electron chi connectivity index (χ1n) is 7.81. The lowest BCUT2D eigenvalue weighted by Crippen LogP contribution is -2.49. The van der Waals surface area contributed by atoms with Gasteiger partial charge in [0, 0.05) is 0 Å². The lowest BCUT2D eigenvalue weighted by atomic mass is 9.74. The predicted molar refractivity (Wildman–Crippen MR) is 96.7 cm³/mol. The number of phenolic OH excluding ortho intramolecular Hbond substituents is 1. The molecule has 0 aliphatic carbocycles. The summed E-state index contributed by atoms with van der Waals surface area (Å²) >= 11 is 0. The molecule has 2 bridgehead atoms. The van der Waals surface area contributed by atoms with Gasteiger partial charge < -0.3 is 10.3 Å². The molecule has 3 heteroatoms. The molecule has 0 amide bonds. The fourth-order valence-corrected chi connectivity index (χ4v) is 4.02. The number of hydrogen-bond acceptors (Lipinski definition) is 3. The minimum Gasteiger partial charge on any atom is -0.508 e. The molecule has 2 atom stereocenters. The molecule has 2 aliphatic rings. The number of phenols is 1. The second kappa shape index (κ2) is 5.78. The van der Waals surface area contributed by atoms with Crippen LogP contribution in [-0.2, 0) is 5.54 Å². The average molecular weight is 319 g/mol. The Morgan fingerprint density at radius 2 is 1.58 bits per heavy atom. The molecule has 2 N–H and O–H groups in total. The molecule has 2 unspecified atom stereocenters. The van der Waals surface area contributed by atoms with Gasteiger partial charge in [-0.3, -0.25) is 0 Å². The van der Waals surface area contributed by atoms with Crippen molar-refractivity contribution in [3.05, 3.63) is 103 Å². The second-order valence-electron chi connectivity index (χ2n) is 5.95. The summed E-state index contributed by atoms with van der Waals surface area (Å²) in [5.41, 5.74) is 3.62. The number of fused-ring (bicyclic) bond motifs is 2. The first-order valence-corrected chi connectivity index (χ1v) is 7.81. The van der Waals surface area contributed by atoms with Gasteiger partial charge in [0.05, 0.1) is 6.04 Å². The van der Waals surface area contributed by atoms with Gasteiger partial charge >= 0.3 is 0 Å². The van der Waals surface area contributed by atoms with E-state index in [1.165, 1.54) is 5.06 Å². The van der Waals surface area contributed by atoms with E-state index >= 15 is 0 Å². The third-order valence-corrected chi connectivity index (χ3v) is 5.01. The molecule has 0 saturated carbocycles. The van der Waals surface area contributed by atoms with E-state index in [0.29, 0.717) is 6.42 Å². The summed E-state index contributed by atoms with van der Waals surface area (Å²) in [7, 11) is 0. The van der Waals surface area contributed by atoms with Gasteiger partial charge in [0.25, 0.3) is 0 Å². The van der Waals surface area contributed by atoms with Crippen molar-refractivity contribution in [1.82, 2.24) is 5.06 Å². The Balaban J connectivity index is 2.44. The van der Waals surface area contributed by atoms with Gasteiger partial charge in [-0.25, -0.2) is 0 Å². The van der Waals surface area contributed by atoms with Crippen LogP contribution in [0.4, 0.5) is 0 Å². The van der Waals surface area contributed by atoms with Gasteiger partial charge in [0.15, 0.2) is 0 Å². The zero-order chi connectivity index (χ0) is 17.5. The molecular weight excluding hydrogens is 298 g/mol. The third-order valence-electron chi connectivity index (χ3n) is 5.01. The van der Waals surface area contributed by atoms with Crippen LogP contribution < -0.4 is 0 Å². The molecule has 3 rings (SSSR count). The number of rotatable bonds is 5. The fourth-order valence-electron chi connectivity index (χ4n) is 4.02. The number of aromatic hydroxyl groups is 1. The minimum absolute atomic E-state index is 0.172. The first-order chi connectivity index (χ1) is 11.6. The monoisotopic (exact) mass is 319 g/mol. The van der Waals surface area contributed by atoms with E-state index in [1.807, 2.05) is 6.08 Å². The van der Waals surface area contributed by atoms with Crippen LogP contribution in [0.25, 0.3) is 0 Å². The Bertz CT molecular complexity index is 786. The van der Waals surface area contributed by atoms with Crippen LogP contribution in [0, 0.1) is 0 Å². The number of allylic oxidation sites excluding steroid dienone is 1. The molecule has 24 heavy (non-hydrogen) atoms. The average Bonchev–Trinajstić information content (AvgIpc) is 2.76. The number of nitrogens with zero attached hydrogens (tertiary/aromatic N) is 1. The molecule has 3 nitrogen and oxygen atoms in total. The summed E-state index contributed by atoms with van der Waals surface area (Å²) in [5.74, 6) is 0.172. The maximum absolute atomic E-state index is 11.1. The lowest BCUT2D eigenvalue weighted by Gasteiger charge is -2.44. The summed E-state index contributed by atoms with van der Waals surface area (Å²) in [6.07, 6.45) is 7.75. The van der Waals surface area contributed by atoms with Gasteiger partial charge in [-0.15, -0.1) is 0 Å². The van der Waals surface area contributed by atoms with Crippen molar-refractivity contribution in [3.63, 3.8) is 0 Å². The van der Waals surface area contributed by atoms with E-state index in [1.54, 1.807) is 42.5 Å². The maximum Gasteiger partial charge on any atom is 0.122 e. The first kappa shape index (κ1) is 16.2. The highest BCUT2D eigenvalue weighted by atomic mass is 16.5. The summed E-state index contributed by atoms with van der Waals surface area (Å²) in [6, 6.07) is 6.62. The van der Waals surface area contributed by atoms with Gasteiger partial charge in [0.1, 0.15) is 11.3 Å². The Kier molecular flexibility index (Phi) is 3.91. The van der Waals surface area contributed by atoms with Gasteiger partial charge in [0.2, 0.25) is 0 Å². The standard InChI is InChI=1S/C21H21NO2/c1-5-14-13-20-17(6-2)19(8-4)21(22(20)24,18(14)7-3)15-9-11-16(23)12-10-15/h5-12,20,23-24H,1-4,13H2. The molecule has 0 saturated heterocycles. The Hall–Kier alpha value is -2.62. The van der Waals surface area contributed by atoms with Gasteiger partial charge in [-0.05, 0) is 46.4 Å². The molecule has 2 heterocycles. The van der Waals surface area contributed by atoms with Gasteiger partial charge in [-0.1, -0.05) is 62.8 Å². The fraction of sp³-hybridized carbons (Fsp3) is 0.143. The van der Waals surface area contributed by atoms with Gasteiger partial charge in [-0.2, -0.15) is 5.06 Å². The van der Waals surface area contributed by atoms with Crippen molar-refractivity contribution in [3.8, 4) is 5.75 Å². The molecule has 0 spiro atoms. The Morgan fingerprint density at radius 3 is 2.08 bits per heavy atom. The van der Waals surface area contributed by atoms with Crippen molar-refractivity contribution in [2.24, 2.45) is 0 Å². The van der Waals surface area contributed by atoms with E-state index in [4.69, 9.17) is 0 Å². The highest BCUT2D eigenvalue weighted by Gasteiger charge is 2.56. The van der Waals surface area contributed by atoms with Crippen LogP contribution in [0.5, 0.6) is 5.75 Å². The summed E-state index contributed by atoms with van der Waals surface area (Å²) in [5, 5.41) is 22.1. The van der Waals surface area contributed by atoms with Crippen molar-refractivity contribution in [2.45, 2.75) is 18.0 Å². The molecule has 0 radical (unpaired) electrons. The van der Waals surface area contributed by atoms with Crippen molar-refractivity contribution >= 4 is 0 Å². The smallest absolute Gasteiger partial charge is 0.122 e. The molecule has 1 aromatic rings. The topological polar surface area (TPSA) is 43.7 Å². The molecule has 2 aliphatic heterocycles. The van der Waals surface area contributed by atoms with Crippen molar-refractivity contribution < 1.29 is 10.3 Å². The number of hydrogen-bond donors (Lipinski definition) is 2. The zero-order valence-electron chi connectivity index (χ0n) is 13.6. The Morgan fingerprint density at radius 1 is 0.958 bits per heavy atom. The Labute approximate surface area is 142 Å². The van der Waals surface area contributed by atoms with E-state index in [-0.39, 0.29) is 11.8 Å². The maximum atomic E-state index is 11.1. The lowest BCUT2D eigenvalue weighted by molar-refractivity contribution is -0.164. The number of hydroxylamine groups is 2. The summed E-state index contributed by atoms with van der Waals surface area (Å²) < 4.78 is 0. The van der Waals surface area contributed by atoms with Crippen LogP contribution in [0.1, 0.15) is 12.0 Å². The minimum atomic E-state index is -0.923. The largest absolute Gasteiger partial charge is 0.508 e. The number of benzene rings is 1. The zero-order valence-corrected chi connectivity index (χ0v) is 13.6. The summed E-state index contributed by atoms with van der Waals surface area (Å²) in [6.45, 7) is 15.8. The van der Waals surface area contributed by atoms with Crippen LogP contribution in [0.2, 0.25) is 0 Å². The third kappa shape index (κ3) is 1.86. The molecule has 0 fully saturated rings. The molecule has 1 aromatic carbocycles. The highest BCUT2D eigenvalue weighted by Crippen LogP contribution is 2.56. The summed E-state index contributed by atoms with van der Waals surface area (Å²) in [4.78, 5) is 0. The highest BCUT2D eigenvalue weighted by molar-refractivity contribution is 5.64. The quantitative estimate of drug-likeness (QED) is 0.845. The van der Waals surface area contributed by atoms with E-state index < -0.39 is 5.54 Å². The van der Waals surface area contributed by atoms with Crippen molar-refractivity contribution in [2.75, 3.05) is 0 Å². The van der Waals surface area contributed by atoms with Crippen LogP contribution in [0.3, 0.4) is 0 Å². The van der Waals surface area contributed by atoms with Crippen LogP contribution in [-0.4, -0.2) is 21.4 Å². The van der Waals surface area contributed by atoms with Crippen molar-refractivity contribution in [1.29, 1.82) is 0 Å². The predicted octanol–water partition coefficient (Wildman–Crippen LogP) is 4.40. The van der Waals surface area contributed by atoms with E-state index in [9.17, 15) is 10.3 Å². The van der Waals surface area contributed by atoms with E-state index in [0.717, 1.165) is 27.9 Å². The SMILES string of the molecule is C=CC1=C(C=C)C2(c3ccc(O)cc3)C(C=C)=C(C=C)C(C1)N2O. The molecule has 122 valence electrons. The normalized spacial score (nSPS) is 26.5. The molecular formula is C21H21NO2. The van der Waals surface area contributed by atoms with Crippen LogP contribution >= 0.6 is 0 Å². The van der Waals surface area contributed by atoms with Crippen LogP contribution in [0.15, 0.2) is 97.2 Å². The second-order valence-corrected chi connectivity index (χ2v) is 5.95. The van der Waals surface area contributed by atoms with E-state index in [2.05, 4.69) is 26.3 Å².